The lowest BCUT2D eigenvalue weighted by Crippen LogP contribution is -2.28. The van der Waals surface area contributed by atoms with E-state index in [4.69, 9.17) is 4.74 Å². The molecule has 0 aliphatic carbocycles. The summed E-state index contributed by atoms with van der Waals surface area (Å²) in [5.41, 5.74) is 1.43. The average molecular weight is 291 g/mol. The van der Waals surface area contributed by atoms with Gasteiger partial charge in [0, 0.05) is 50.0 Å². The second kappa shape index (κ2) is 7.54. The Bertz CT molecular complexity index is 619. The van der Waals surface area contributed by atoms with Crippen LogP contribution >= 0.6 is 0 Å². The first-order valence-corrected chi connectivity index (χ1v) is 6.74. The van der Waals surface area contributed by atoms with E-state index in [0.29, 0.717) is 31.6 Å². The molecule has 0 unspecified atom stereocenters. The van der Waals surface area contributed by atoms with Crippen molar-refractivity contribution in [2.75, 3.05) is 32.1 Å². The number of hydrogen-bond donors (Lipinski definition) is 2. The van der Waals surface area contributed by atoms with Crippen molar-refractivity contribution in [3.63, 3.8) is 0 Å². The van der Waals surface area contributed by atoms with Crippen LogP contribution in [0.2, 0.25) is 0 Å². The van der Waals surface area contributed by atoms with Crippen molar-refractivity contribution < 1.29 is 13.9 Å². The summed E-state index contributed by atoms with van der Waals surface area (Å²) in [6.45, 7) is 1.50. The third-order valence-electron chi connectivity index (χ3n) is 3.00. The van der Waals surface area contributed by atoms with Crippen LogP contribution in [0.15, 0.2) is 30.5 Å². The minimum absolute atomic E-state index is 0.0380. The summed E-state index contributed by atoms with van der Waals surface area (Å²) in [6.07, 6.45) is 1.97. The first-order valence-electron chi connectivity index (χ1n) is 6.74. The number of carbonyl (C=O) groups excluding carboxylic acids is 1. The summed E-state index contributed by atoms with van der Waals surface area (Å²) < 4.78 is 18.0. The molecule has 1 amide bonds. The lowest BCUT2D eigenvalue weighted by Gasteiger charge is -2.09. The number of nitrogens with zero attached hydrogens (tertiary/aromatic N) is 1. The van der Waals surface area contributed by atoms with E-state index in [-0.39, 0.29) is 11.7 Å². The standard InChI is InChI=1S/C15H18FN3O2/c1-21-9-8-19-15(20)5-7-17-13-4-6-18-14-10-11(16)2-3-12(13)14/h2-4,6,10H,5,7-9H2,1H3,(H,17,18)(H,19,20). The van der Waals surface area contributed by atoms with Crippen LogP contribution < -0.4 is 10.6 Å². The Morgan fingerprint density at radius 2 is 2.19 bits per heavy atom. The number of aromatic nitrogens is 1. The number of pyridine rings is 1. The van der Waals surface area contributed by atoms with Crippen LogP contribution in [0, 0.1) is 5.82 Å². The molecule has 0 radical (unpaired) electrons. The van der Waals surface area contributed by atoms with E-state index in [9.17, 15) is 9.18 Å². The molecule has 0 aliphatic rings. The Morgan fingerprint density at radius 1 is 1.33 bits per heavy atom. The van der Waals surface area contributed by atoms with E-state index < -0.39 is 0 Å². The lowest BCUT2D eigenvalue weighted by molar-refractivity contribution is -0.121. The van der Waals surface area contributed by atoms with Crippen molar-refractivity contribution in [1.29, 1.82) is 0 Å². The molecule has 5 nitrogen and oxygen atoms in total. The highest BCUT2D eigenvalue weighted by Gasteiger charge is 2.04. The van der Waals surface area contributed by atoms with Crippen LogP contribution in [0.3, 0.4) is 0 Å². The van der Waals surface area contributed by atoms with Gasteiger partial charge in [0.05, 0.1) is 12.1 Å². The van der Waals surface area contributed by atoms with Gasteiger partial charge in [0.2, 0.25) is 5.91 Å². The van der Waals surface area contributed by atoms with Crippen molar-refractivity contribution in [1.82, 2.24) is 10.3 Å². The predicted octanol–water partition coefficient (Wildman–Crippen LogP) is 1.94. The van der Waals surface area contributed by atoms with E-state index in [1.54, 1.807) is 19.4 Å². The largest absolute Gasteiger partial charge is 0.384 e. The molecule has 1 aromatic carbocycles. The van der Waals surface area contributed by atoms with Gasteiger partial charge in [-0.15, -0.1) is 0 Å². The number of methoxy groups -OCH3 is 1. The molecule has 21 heavy (non-hydrogen) atoms. The molecule has 0 saturated heterocycles. The number of halogens is 1. The van der Waals surface area contributed by atoms with Crippen molar-refractivity contribution >= 4 is 22.5 Å². The molecule has 0 bridgehead atoms. The maximum Gasteiger partial charge on any atom is 0.221 e. The molecule has 0 fully saturated rings. The average Bonchev–Trinajstić information content (AvgIpc) is 2.47. The van der Waals surface area contributed by atoms with Crippen LogP contribution in [0.1, 0.15) is 6.42 Å². The number of hydrogen-bond acceptors (Lipinski definition) is 4. The Hall–Kier alpha value is -2.21. The van der Waals surface area contributed by atoms with Gasteiger partial charge in [-0.1, -0.05) is 0 Å². The van der Waals surface area contributed by atoms with Gasteiger partial charge in [-0.2, -0.15) is 0 Å². The Morgan fingerprint density at radius 3 is 3.00 bits per heavy atom. The maximum atomic E-state index is 13.2. The minimum Gasteiger partial charge on any atom is -0.384 e. The molecule has 1 heterocycles. The fourth-order valence-electron chi connectivity index (χ4n) is 1.97. The summed E-state index contributed by atoms with van der Waals surface area (Å²) in [7, 11) is 1.59. The van der Waals surface area contributed by atoms with E-state index >= 15 is 0 Å². The zero-order valence-electron chi connectivity index (χ0n) is 11.9. The van der Waals surface area contributed by atoms with E-state index in [2.05, 4.69) is 15.6 Å². The van der Waals surface area contributed by atoms with Crippen molar-refractivity contribution in [3.05, 3.63) is 36.3 Å². The molecule has 0 saturated carbocycles. The Kier molecular flexibility index (Phi) is 5.45. The van der Waals surface area contributed by atoms with Crippen molar-refractivity contribution in [2.24, 2.45) is 0 Å². The van der Waals surface area contributed by atoms with E-state index in [1.807, 2.05) is 6.07 Å². The topological polar surface area (TPSA) is 63.2 Å². The molecule has 6 heteroatoms. The number of carbonyl (C=O) groups is 1. The Balaban J connectivity index is 1.90. The van der Waals surface area contributed by atoms with E-state index in [0.717, 1.165) is 11.1 Å². The molecule has 0 aliphatic heterocycles. The molecule has 0 atom stereocenters. The highest BCUT2D eigenvalue weighted by molar-refractivity contribution is 5.91. The highest BCUT2D eigenvalue weighted by Crippen LogP contribution is 2.21. The zero-order chi connectivity index (χ0) is 15.1. The third kappa shape index (κ3) is 4.39. The maximum absolute atomic E-state index is 13.2. The fraction of sp³-hybridized carbons (Fsp3) is 0.333. The van der Waals surface area contributed by atoms with Crippen LogP contribution in [-0.2, 0) is 9.53 Å². The third-order valence-corrected chi connectivity index (χ3v) is 3.00. The van der Waals surface area contributed by atoms with Crippen LogP contribution in [0.4, 0.5) is 10.1 Å². The predicted molar refractivity (Wildman–Crippen MR) is 79.7 cm³/mol. The van der Waals surface area contributed by atoms with Crippen LogP contribution in [-0.4, -0.2) is 37.7 Å². The van der Waals surface area contributed by atoms with Gasteiger partial charge in [-0.25, -0.2) is 4.39 Å². The molecule has 1 aromatic heterocycles. The molecule has 2 rings (SSSR count). The second-order valence-corrected chi connectivity index (χ2v) is 4.54. The normalized spacial score (nSPS) is 10.6. The number of ether oxygens (including phenoxy) is 1. The first kappa shape index (κ1) is 15.2. The second-order valence-electron chi connectivity index (χ2n) is 4.54. The number of fused-ring (bicyclic) bond motifs is 1. The van der Waals surface area contributed by atoms with Gasteiger partial charge in [0.1, 0.15) is 5.82 Å². The number of benzene rings is 1. The monoisotopic (exact) mass is 291 g/mol. The molecule has 2 N–H and O–H groups in total. The highest BCUT2D eigenvalue weighted by atomic mass is 19.1. The smallest absolute Gasteiger partial charge is 0.221 e. The summed E-state index contributed by atoms with van der Waals surface area (Å²) in [5, 5.41) is 6.75. The molecular formula is C15H18FN3O2. The van der Waals surface area contributed by atoms with E-state index in [1.165, 1.54) is 12.1 Å². The molecule has 0 spiro atoms. The van der Waals surface area contributed by atoms with Crippen molar-refractivity contribution in [3.8, 4) is 0 Å². The minimum atomic E-state index is -0.315. The van der Waals surface area contributed by atoms with Gasteiger partial charge in [-0.05, 0) is 18.2 Å². The van der Waals surface area contributed by atoms with Crippen molar-refractivity contribution in [2.45, 2.75) is 6.42 Å². The first-order chi connectivity index (χ1) is 10.2. The van der Waals surface area contributed by atoms with Crippen LogP contribution in [0.25, 0.3) is 10.9 Å². The number of nitrogens with one attached hydrogen (secondary N) is 2. The number of amides is 1. The van der Waals surface area contributed by atoms with Gasteiger partial charge < -0.3 is 15.4 Å². The summed E-state index contributed by atoms with van der Waals surface area (Å²) in [6, 6.07) is 6.27. The zero-order valence-corrected chi connectivity index (χ0v) is 11.9. The summed E-state index contributed by atoms with van der Waals surface area (Å²) in [5.74, 6) is -0.353. The van der Waals surface area contributed by atoms with Crippen LogP contribution in [0.5, 0.6) is 0 Å². The fourth-order valence-corrected chi connectivity index (χ4v) is 1.97. The van der Waals surface area contributed by atoms with Gasteiger partial charge in [0.25, 0.3) is 0 Å². The quantitative estimate of drug-likeness (QED) is 0.765. The number of rotatable bonds is 7. The van der Waals surface area contributed by atoms with Gasteiger partial charge in [0.15, 0.2) is 0 Å². The summed E-state index contributed by atoms with van der Waals surface area (Å²) in [4.78, 5) is 15.7. The molecule has 112 valence electrons. The Labute approximate surface area is 122 Å². The molecule has 2 aromatic rings. The lowest BCUT2D eigenvalue weighted by atomic mass is 10.2. The van der Waals surface area contributed by atoms with Gasteiger partial charge in [-0.3, -0.25) is 9.78 Å². The van der Waals surface area contributed by atoms with Gasteiger partial charge >= 0.3 is 0 Å². The molecular weight excluding hydrogens is 273 g/mol. The summed E-state index contributed by atoms with van der Waals surface area (Å²) >= 11 is 0. The SMILES string of the molecule is COCCNC(=O)CCNc1ccnc2cc(F)ccc12. The number of anilines is 1.